The predicted octanol–water partition coefficient (Wildman–Crippen LogP) is 1.66. The van der Waals surface area contributed by atoms with Crippen molar-refractivity contribution in [3.8, 4) is 0 Å². The molecule has 5 atom stereocenters. The molecule has 2 saturated carbocycles. The van der Waals surface area contributed by atoms with E-state index in [1.165, 1.54) is 0 Å². The number of fused-ring (bicyclic) bond motifs is 1. The molecule has 0 aromatic rings. The second kappa shape index (κ2) is 6.31. The van der Waals surface area contributed by atoms with Crippen molar-refractivity contribution in [3.63, 3.8) is 0 Å². The van der Waals surface area contributed by atoms with E-state index in [1.54, 1.807) is 4.90 Å². The zero-order valence-electron chi connectivity index (χ0n) is 18.4. The van der Waals surface area contributed by atoms with Crippen LogP contribution in [0, 0.1) is 11.8 Å². The zero-order chi connectivity index (χ0) is 21.5. The highest BCUT2D eigenvalue weighted by Gasteiger charge is 2.77. The van der Waals surface area contributed by atoms with Gasteiger partial charge in [0.15, 0.2) is 0 Å². The Morgan fingerprint density at radius 1 is 1.10 bits per heavy atom. The standard InChI is InChI=1S/C23H33N3O4/c1-21(2,3)25-19(28)17-23-12-11-22(4,30-23)15(18(27)24-13-7-5-6-8-13)16(23)20(29)26(17)14-9-10-14/h11-17H,5-10H2,1-4H3,(H,24,27)(H,25,28)/t15-,16-,17+,22-,23+/m1/s1. The maximum atomic E-state index is 13.7. The zero-order valence-corrected chi connectivity index (χ0v) is 18.4. The second-order valence-corrected chi connectivity index (χ2v) is 11.0. The molecular formula is C23H33N3O4. The van der Waals surface area contributed by atoms with Crippen LogP contribution in [0.15, 0.2) is 12.2 Å². The van der Waals surface area contributed by atoms with E-state index >= 15 is 0 Å². The van der Waals surface area contributed by atoms with Crippen molar-refractivity contribution in [2.75, 3.05) is 0 Å². The van der Waals surface area contributed by atoms with Gasteiger partial charge in [0.2, 0.25) is 17.7 Å². The monoisotopic (exact) mass is 415 g/mol. The molecule has 0 aromatic heterocycles. The first kappa shape index (κ1) is 20.0. The van der Waals surface area contributed by atoms with Crippen LogP contribution in [0.4, 0.5) is 0 Å². The average Bonchev–Trinajstić information content (AvgIpc) is 3.00. The number of carbonyl (C=O) groups is 3. The summed E-state index contributed by atoms with van der Waals surface area (Å²) in [5.41, 5.74) is -2.35. The van der Waals surface area contributed by atoms with Gasteiger partial charge in [-0.05, 0) is 53.4 Å². The van der Waals surface area contributed by atoms with Crippen LogP contribution < -0.4 is 10.6 Å². The summed E-state index contributed by atoms with van der Waals surface area (Å²) in [7, 11) is 0. The Hall–Kier alpha value is -1.89. The van der Waals surface area contributed by atoms with Gasteiger partial charge in [0.1, 0.15) is 11.6 Å². The molecule has 3 aliphatic heterocycles. The molecule has 3 heterocycles. The number of hydrogen-bond acceptors (Lipinski definition) is 4. The van der Waals surface area contributed by atoms with Crippen molar-refractivity contribution in [1.29, 1.82) is 0 Å². The number of nitrogens with zero attached hydrogens (tertiary/aromatic N) is 1. The van der Waals surface area contributed by atoms with Gasteiger partial charge in [-0.15, -0.1) is 0 Å². The summed E-state index contributed by atoms with van der Waals surface area (Å²) in [6.07, 6.45) is 9.82. The summed E-state index contributed by atoms with van der Waals surface area (Å²) >= 11 is 0. The third-order valence-corrected chi connectivity index (χ3v) is 7.41. The van der Waals surface area contributed by atoms with Gasteiger partial charge >= 0.3 is 0 Å². The van der Waals surface area contributed by atoms with Crippen molar-refractivity contribution in [2.45, 2.75) is 101 Å². The molecule has 2 aliphatic carbocycles. The molecule has 7 heteroatoms. The fourth-order valence-electron chi connectivity index (χ4n) is 6.11. The molecule has 30 heavy (non-hydrogen) atoms. The molecular weight excluding hydrogens is 382 g/mol. The van der Waals surface area contributed by atoms with Gasteiger partial charge < -0.3 is 20.3 Å². The quantitative estimate of drug-likeness (QED) is 0.684. The molecule has 5 aliphatic rings. The number of carbonyl (C=O) groups excluding carboxylic acids is 3. The molecule has 7 nitrogen and oxygen atoms in total. The Balaban J connectivity index is 1.50. The van der Waals surface area contributed by atoms with Gasteiger partial charge in [-0.25, -0.2) is 0 Å². The molecule has 2 N–H and O–H groups in total. The minimum Gasteiger partial charge on any atom is -0.356 e. The lowest BCUT2D eigenvalue weighted by Crippen LogP contribution is -2.58. The maximum absolute atomic E-state index is 13.7. The Labute approximate surface area is 178 Å². The molecule has 0 aromatic carbocycles. The number of likely N-dealkylation sites (tertiary alicyclic amines) is 1. The number of nitrogens with one attached hydrogen (secondary N) is 2. The topological polar surface area (TPSA) is 87.7 Å². The SMILES string of the molecule is CC(C)(C)NC(=O)[C@@H]1N(C2CC2)C(=O)[C@H]2[C@H](C(=O)NC3CCCC3)[C@@]3(C)C=C[C@@]12O3. The predicted molar refractivity (Wildman–Crippen MR) is 110 cm³/mol. The Morgan fingerprint density at radius 2 is 1.77 bits per heavy atom. The van der Waals surface area contributed by atoms with E-state index in [0.29, 0.717) is 0 Å². The largest absolute Gasteiger partial charge is 0.356 e. The number of amides is 3. The van der Waals surface area contributed by atoms with Gasteiger partial charge in [-0.1, -0.05) is 25.0 Å². The van der Waals surface area contributed by atoms with Gasteiger partial charge in [0, 0.05) is 17.6 Å². The molecule has 1 spiro atoms. The number of ether oxygens (including phenoxy) is 1. The van der Waals surface area contributed by atoms with Crippen LogP contribution in [0.2, 0.25) is 0 Å². The van der Waals surface area contributed by atoms with Gasteiger partial charge in [-0.2, -0.15) is 0 Å². The first-order chi connectivity index (χ1) is 14.1. The first-order valence-corrected chi connectivity index (χ1v) is 11.4. The summed E-state index contributed by atoms with van der Waals surface area (Å²) < 4.78 is 6.50. The molecule has 5 rings (SSSR count). The summed E-state index contributed by atoms with van der Waals surface area (Å²) in [5, 5.41) is 6.23. The fourth-order valence-corrected chi connectivity index (χ4v) is 6.11. The second-order valence-electron chi connectivity index (χ2n) is 11.0. The van der Waals surface area contributed by atoms with E-state index in [1.807, 2.05) is 39.8 Å². The van der Waals surface area contributed by atoms with Crippen LogP contribution in [0.25, 0.3) is 0 Å². The number of rotatable bonds is 4. The average molecular weight is 416 g/mol. The molecule has 164 valence electrons. The van der Waals surface area contributed by atoms with Crippen molar-refractivity contribution >= 4 is 17.7 Å². The van der Waals surface area contributed by atoms with Crippen molar-refractivity contribution in [2.24, 2.45) is 11.8 Å². The van der Waals surface area contributed by atoms with Crippen LogP contribution in [0.1, 0.15) is 66.2 Å². The third kappa shape index (κ3) is 2.84. The minimum absolute atomic E-state index is 0.0654. The Morgan fingerprint density at radius 3 is 2.37 bits per heavy atom. The van der Waals surface area contributed by atoms with E-state index in [9.17, 15) is 14.4 Å². The smallest absolute Gasteiger partial charge is 0.246 e. The van der Waals surface area contributed by atoms with Crippen molar-refractivity contribution < 1.29 is 19.1 Å². The third-order valence-electron chi connectivity index (χ3n) is 7.41. The summed E-state index contributed by atoms with van der Waals surface area (Å²) in [6, 6.07) is -0.490. The van der Waals surface area contributed by atoms with Gasteiger partial charge in [0.25, 0.3) is 0 Å². The van der Waals surface area contributed by atoms with Gasteiger partial charge in [-0.3, -0.25) is 14.4 Å². The van der Waals surface area contributed by atoms with Crippen LogP contribution in [0.3, 0.4) is 0 Å². The molecule has 0 radical (unpaired) electrons. The fraction of sp³-hybridized carbons (Fsp3) is 0.783. The Bertz CT molecular complexity index is 823. The first-order valence-electron chi connectivity index (χ1n) is 11.4. The summed E-state index contributed by atoms with van der Waals surface area (Å²) in [6.45, 7) is 7.67. The van der Waals surface area contributed by atoms with Gasteiger partial charge in [0.05, 0.1) is 17.4 Å². The molecule has 3 amide bonds. The van der Waals surface area contributed by atoms with Crippen LogP contribution in [-0.4, -0.2) is 57.5 Å². The molecule has 2 bridgehead atoms. The minimum atomic E-state index is -1.07. The summed E-state index contributed by atoms with van der Waals surface area (Å²) in [5.74, 6) is -1.67. The summed E-state index contributed by atoms with van der Waals surface area (Å²) in [4.78, 5) is 42.2. The van der Waals surface area contributed by atoms with Crippen molar-refractivity contribution in [3.05, 3.63) is 12.2 Å². The highest BCUT2D eigenvalue weighted by atomic mass is 16.5. The Kier molecular flexibility index (Phi) is 4.22. The maximum Gasteiger partial charge on any atom is 0.246 e. The normalized spacial score (nSPS) is 40.2. The highest BCUT2D eigenvalue weighted by Crippen LogP contribution is 2.61. The van der Waals surface area contributed by atoms with Crippen LogP contribution >= 0.6 is 0 Å². The van der Waals surface area contributed by atoms with E-state index in [2.05, 4.69) is 10.6 Å². The van der Waals surface area contributed by atoms with E-state index in [-0.39, 0.29) is 29.8 Å². The lowest BCUT2D eigenvalue weighted by Gasteiger charge is -2.35. The molecule has 0 unspecified atom stereocenters. The van der Waals surface area contributed by atoms with Crippen LogP contribution in [0.5, 0.6) is 0 Å². The number of hydrogen-bond donors (Lipinski definition) is 2. The van der Waals surface area contributed by atoms with E-state index in [0.717, 1.165) is 38.5 Å². The highest BCUT2D eigenvalue weighted by molar-refractivity contribution is 6.00. The lowest BCUT2D eigenvalue weighted by molar-refractivity contribution is -0.146. The van der Waals surface area contributed by atoms with Crippen LogP contribution in [-0.2, 0) is 19.1 Å². The molecule has 4 fully saturated rings. The molecule has 2 saturated heterocycles. The lowest BCUT2D eigenvalue weighted by atomic mass is 9.70. The van der Waals surface area contributed by atoms with Crippen molar-refractivity contribution in [1.82, 2.24) is 15.5 Å². The van der Waals surface area contributed by atoms with E-state index in [4.69, 9.17) is 4.74 Å². The van der Waals surface area contributed by atoms with E-state index < -0.39 is 34.6 Å².